The molecule has 0 saturated carbocycles. The average Bonchev–Trinajstić information content (AvgIpc) is 3.20. The van der Waals surface area contributed by atoms with Gasteiger partial charge in [0.2, 0.25) is 0 Å². The average molecular weight is 441 g/mol. The maximum absolute atomic E-state index is 13.1. The summed E-state index contributed by atoms with van der Waals surface area (Å²) < 4.78 is 4.56. The number of halogens is 1. The Hall–Kier alpha value is -2.64. The van der Waals surface area contributed by atoms with E-state index in [-0.39, 0.29) is 5.56 Å². The lowest BCUT2D eigenvalue weighted by molar-refractivity contribution is 0.630. The summed E-state index contributed by atoms with van der Waals surface area (Å²) in [6.07, 6.45) is 0. The number of nitrogens with zero attached hydrogens (tertiary/aromatic N) is 3. The van der Waals surface area contributed by atoms with Crippen molar-refractivity contribution in [2.45, 2.75) is 6.92 Å². The van der Waals surface area contributed by atoms with Crippen molar-refractivity contribution in [2.75, 3.05) is 5.32 Å². The third kappa shape index (κ3) is 3.36. The van der Waals surface area contributed by atoms with Gasteiger partial charge in [-0.05, 0) is 43.3 Å². The standard InChI is InChI=1S/C20H17BrN4OS/c1-13-18(19(26)25(24(13)2)16-6-4-3-5-7-16)17-12-27-20(23-17)22-15-10-8-14(21)9-11-15/h3-12H,1-2H3,(H,22,23). The largest absolute Gasteiger partial charge is 0.332 e. The van der Waals surface area contributed by atoms with Crippen molar-refractivity contribution in [3.05, 3.63) is 80.5 Å². The van der Waals surface area contributed by atoms with Crippen LogP contribution in [0.15, 0.2) is 69.2 Å². The minimum atomic E-state index is -0.0679. The number of aromatic nitrogens is 3. The summed E-state index contributed by atoms with van der Waals surface area (Å²) in [5, 5.41) is 5.95. The minimum absolute atomic E-state index is 0.0679. The summed E-state index contributed by atoms with van der Waals surface area (Å²) in [6.45, 7) is 1.94. The second kappa shape index (κ2) is 7.17. The van der Waals surface area contributed by atoms with Crippen molar-refractivity contribution in [1.29, 1.82) is 0 Å². The molecular weight excluding hydrogens is 424 g/mol. The molecule has 4 aromatic rings. The van der Waals surface area contributed by atoms with Crippen LogP contribution < -0.4 is 10.9 Å². The number of rotatable bonds is 4. The highest BCUT2D eigenvalue weighted by Gasteiger charge is 2.19. The van der Waals surface area contributed by atoms with Crippen LogP contribution in [0.2, 0.25) is 0 Å². The molecule has 5 nitrogen and oxygen atoms in total. The van der Waals surface area contributed by atoms with Crippen LogP contribution in [0, 0.1) is 6.92 Å². The molecule has 27 heavy (non-hydrogen) atoms. The molecule has 0 bridgehead atoms. The topological polar surface area (TPSA) is 51.9 Å². The maximum atomic E-state index is 13.1. The molecule has 0 saturated heterocycles. The lowest BCUT2D eigenvalue weighted by Gasteiger charge is -2.07. The van der Waals surface area contributed by atoms with Crippen LogP contribution >= 0.6 is 27.3 Å². The summed E-state index contributed by atoms with van der Waals surface area (Å²) >= 11 is 4.91. The molecule has 0 spiro atoms. The van der Waals surface area contributed by atoms with Crippen molar-refractivity contribution >= 4 is 38.1 Å². The van der Waals surface area contributed by atoms with E-state index in [0.717, 1.165) is 26.7 Å². The fourth-order valence-electron chi connectivity index (χ4n) is 2.97. The van der Waals surface area contributed by atoms with Crippen molar-refractivity contribution in [3.8, 4) is 16.9 Å². The van der Waals surface area contributed by atoms with E-state index < -0.39 is 0 Å². The van der Waals surface area contributed by atoms with Gasteiger partial charge in [0.15, 0.2) is 5.13 Å². The van der Waals surface area contributed by atoms with E-state index in [2.05, 4.69) is 26.2 Å². The first-order valence-electron chi connectivity index (χ1n) is 8.37. The summed E-state index contributed by atoms with van der Waals surface area (Å²) in [6, 6.07) is 17.5. The van der Waals surface area contributed by atoms with E-state index in [1.807, 2.05) is 78.6 Å². The first-order chi connectivity index (χ1) is 13.0. The molecule has 0 aliphatic rings. The van der Waals surface area contributed by atoms with E-state index >= 15 is 0 Å². The van der Waals surface area contributed by atoms with Crippen LogP contribution in [-0.4, -0.2) is 14.3 Å². The monoisotopic (exact) mass is 440 g/mol. The maximum Gasteiger partial charge on any atom is 0.281 e. The molecule has 0 fully saturated rings. The van der Waals surface area contributed by atoms with E-state index in [1.165, 1.54) is 11.3 Å². The van der Waals surface area contributed by atoms with Crippen molar-refractivity contribution in [2.24, 2.45) is 7.05 Å². The molecule has 0 amide bonds. The van der Waals surface area contributed by atoms with Crippen LogP contribution in [0.1, 0.15) is 5.69 Å². The molecule has 0 radical (unpaired) electrons. The number of nitrogens with one attached hydrogen (secondary N) is 1. The Morgan fingerprint density at radius 1 is 1.07 bits per heavy atom. The Morgan fingerprint density at radius 3 is 2.48 bits per heavy atom. The lowest BCUT2D eigenvalue weighted by atomic mass is 10.2. The van der Waals surface area contributed by atoms with Gasteiger partial charge in [0.05, 0.1) is 16.9 Å². The van der Waals surface area contributed by atoms with E-state index in [1.54, 1.807) is 4.68 Å². The Morgan fingerprint density at radius 2 is 1.78 bits per heavy atom. The summed E-state index contributed by atoms with van der Waals surface area (Å²) in [5.41, 5.74) is 3.91. The third-order valence-corrected chi connectivity index (χ3v) is 5.70. The molecule has 0 aliphatic carbocycles. The fourth-order valence-corrected chi connectivity index (χ4v) is 3.95. The Balaban J connectivity index is 1.72. The molecule has 136 valence electrons. The zero-order chi connectivity index (χ0) is 19.0. The molecule has 0 unspecified atom stereocenters. The molecule has 2 aromatic heterocycles. The van der Waals surface area contributed by atoms with Gasteiger partial charge in [-0.1, -0.05) is 34.1 Å². The second-order valence-corrected chi connectivity index (χ2v) is 7.88. The minimum Gasteiger partial charge on any atom is -0.332 e. The van der Waals surface area contributed by atoms with E-state index in [4.69, 9.17) is 0 Å². The molecule has 4 rings (SSSR count). The van der Waals surface area contributed by atoms with Crippen LogP contribution in [0.25, 0.3) is 16.9 Å². The zero-order valence-electron chi connectivity index (χ0n) is 14.8. The Kier molecular flexibility index (Phi) is 4.72. The van der Waals surface area contributed by atoms with Gasteiger partial charge in [-0.3, -0.25) is 9.48 Å². The number of hydrogen-bond acceptors (Lipinski definition) is 4. The van der Waals surface area contributed by atoms with Gasteiger partial charge in [-0.15, -0.1) is 11.3 Å². The number of hydrogen-bond donors (Lipinski definition) is 1. The molecule has 7 heteroatoms. The van der Waals surface area contributed by atoms with Gasteiger partial charge < -0.3 is 5.32 Å². The SMILES string of the molecule is Cc1c(-c2csc(Nc3ccc(Br)cc3)n2)c(=O)n(-c2ccccc2)n1C. The first kappa shape index (κ1) is 17.8. The molecule has 2 aromatic carbocycles. The second-order valence-electron chi connectivity index (χ2n) is 6.11. The van der Waals surface area contributed by atoms with Crippen LogP contribution in [0.3, 0.4) is 0 Å². The Labute approximate surface area is 169 Å². The quantitative estimate of drug-likeness (QED) is 0.479. The first-order valence-corrected chi connectivity index (χ1v) is 10.0. The van der Waals surface area contributed by atoms with Gasteiger partial charge in [0, 0.05) is 28.3 Å². The van der Waals surface area contributed by atoms with Crippen LogP contribution in [0.4, 0.5) is 10.8 Å². The van der Waals surface area contributed by atoms with Crippen LogP contribution in [-0.2, 0) is 7.05 Å². The molecule has 2 heterocycles. The summed E-state index contributed by atoms with van der Waals surface area (Å²) in [5.74, 6) is 0. The highest BCUT2D eigenvalue weighted by atomic mass is 79.9. The molecule has 0 atom stereocenters. The van der Waals surface area contributed by atoms with Crippen LogP contribution in [0.5, 0.6) is 0 Å². The highest BCUT2D eigenvalue weighted by Crippen LogP contribution is 2.28. The van der Waals surface area contributed by atoms with Crippen molar-refractivity contribution in [1.82, 2.24) is 14.3 Å². The normalized spacial score (nSPS) is 10.9. The predicted octanol–water partition coefficient (Wildman–Crippen LogP) is 5.11. The number of thiazole rings is 1. The number of para-hydroxylation sites is 1. The van der Waals surface area contributed by atoms with Gasteiger partial charge in [-0.2, -0.15) is 0 Å². The van der Waals surface area contributed by atoms with E-state index in [0.29, 0.717) is 11.3 Å². The zero-order valence-corrected chi connectivity index (χ0v) is 17.2. The molecule has 0 aliphatic heterocycles. The molecule has 1 N–H and O–H groups in total. The smallest absolute Gasteiger partial charge is 0.281 e. The van der Waals surface area contributed by atoms with Gasteiger partial charge >= 0.3 is 0 Å². The Bertz CT molecular complexity index is 1140. The summed E-state index contributed by atoms with van der Waals surface area (Å²) in [4.78, 5) is 17.7. The predicted molar refractivity (Wildman–Crippen MR) is 114 cm³/mol. The molecular formula is C20H17BrN4OS. The number of benzene rings is 2. The van der Waals surface area contributed by atoms with Gasteiger partial charge in [-0.25, -0.2) is 9.67 Å². The number of anilines is 2. The third-order valence-electron chi connectivity index (χ3n) is 4.41. The van der Waals surface area contributed by atoms with Crippen molar-refractivity contribution < 1.29 is 0 Å². The fraction of sp³-hybridized carbons (Fsp3) is 0.100. The summed E-state index contributed by atoms with van der Waals surface area (Å²) in [7, 11) is 1.89. The van der Waals surface area contributed by atoms with Gasteiger partial charge in [0.1, 0.15) is 0 Å². The van der Waals surface area contributed by atoms with E-state index in [9.17, 15) is 4.79 Å². The van der Waals surface area contributed by atoms with Gasteiger partial charge in [0.25, 0.3) is 5.56 Å². The van der Waals surface area contributed by atoms with Crippen molar-refractivity contribution in [3.63, 3.8) is 0 Å². The highest BCUT2D eigenvalue weighted by molar-refractivity contribution is 9.10. The lowest BCUT2D eigenvalue weighted by Crippen LogP contribution is -2.20.